The monoisotopic (exact) mass is 353 g/mol. The van der Waals surface area contributed by atoms with Gasteiger partial charge in [0.2, 0.25) is 0 Å². The van der Waals surface area contributed by atoms with Crippen LogP contribution in [0.4, 0.5) is 0 Å². The Balaban J connectivity index is 1.97. The highest BCUT2D eigenvalue weighted by atomic mass is 79.9. The van der Waals surface area contributed by atoms with Crippen molar-refractivity contribution in [2.75, 3.05) is 26.2 Å². The van der Waals surface area contributed by atoms with Gasteiger partial charge in [-0.05, 0) is 53.6 Å². The summed E-state index contributed by atoms with van der Waals surface area (Å²) >= 11 is 3.17. The maximum Gasteiger partial charge on any atom is 0.350 e. The molecule has 0 N–H and O–H groups in total. The summed E-state index contributed by atoms with van der Waals surface area (Å²) in [5.74, 6) is 0.729. The van der Waals surface area contributed by atoms with E-state index >= 15 is 0 Å². The molecule has 2 rings (SSSR count). The van der Waals surface area contributed by atoms with Crippen molar-refractivity contribution in [1.29, 1.82) is 0 Å². The van der Waals surface area contributed by atoms with Crippen LogP contribution in [0, 0.1) is 0 Å². The second-order valence-corrected chi connectivity index (χ2v) is 5.66. The standard InChI is InChI=1S/C16H20BrNO3/c1-3-18(4-2)8-5-9-20-13-7-6-12-10-14(17)16(19)21-15(12)11-13/h6-7,10-11H,3-5,8-9H2,1-2H3. The first kappa shape index (κ1) is 16.0. The highest BCUT2D eigenvalue weighted by Crippen LogP contribution is 2.22. The maximum absolute atomic E-state index is 11.5. The fraction of sp³-hybridized carbons (Fsp3) is 0.438. The number of nitrogens with zero attached hydrogens (tertiary/aromatic N) is 1. The van der Waals surface area contributed by atoms with Gasteiger partial charge in [0.15, 0.2) is 0 Å². The van der Waals surface area contributed by atoms with Crippen molar-refractivity contribution in [3.63, 3.8) is 0 Å². The number of fused-ring (bicyclic) bond motifs is 1. The van der Waals surface area contributed by atoms with Crippen molar-refractivity contribution >= 4 is 26.9 Å². The van der Waals surface area contributed by atoms with Crippen LogP contribution in [0.5, 0.6) is 5.75 Å². The Hall–Kier alpha value is -1.33. The minimum atomic E-state index is -0.374. The molecule has 0 spiro atoms. The molecule has 1 aromatic carbocycles. The van der Waals surface area contributed by atoms with Crippen LogP contribution in [0.3, 0.4) is 0 Å². The average Bonchev–Trinajstić information content (AvgIpc) is 2.49. The molecule has 2 aromatic rings. The smallest absolute Gasteiger partial charge is 0.350 e. The summed E-state index contributed by atoms with van der Waals surface area (Å²) < 4.78 is 11.4. The predicted octanol–water partition coefficient (Wildman–Crippen LogP) is 3.67. The lowest BCUT2D eigenvalue weighted by Gasteiger charge is -2.17. The first-order valence-corrected chi connectivity index (χ1v) is 8.02. The Labute approximate surface area is 132 Å². The lowest BCUT2D eigenvalue weighted by molar-refractivity contribution is 0.249. The first-order chi connectivity index (χ1) is 10.1. The van der Waals surface area contributed by atoms with Crippen LogP contribution in [-0.4, -0.2) is 31.1 Å². The van der Waals surface area contributed by atoms with E-state index in [1.165, 1.54) is 0 Å². The van der Waals surface area contributed by atoms with E-state index in [0.29, 0.717) is 16.7 Å². The third-order valence-corrected chi connectivity index (χ3v) is 4.00. The van der Waals surface area contributed by atoms with Gasteiger partial charge in [0.1, 0.15) is 15.8 Å². The Kier molecular flexibility index (Phi) is 5.82. The van der Waals surface area contributed by atoms with Gasteiger partial charge in [-0.25, -0.2) is 4.79 Å². The molecule has 5 heteroatoms. The van der Waals surface area contributed by atoms with Gasteiger partial charge in [-0.1, -0.05) is 13.8 Å². The summed E-state index contributed by atoms with van der Waals surface area (Å²) in [5, 5.41) is 0.872. The molecule has 0 fully saturated rings. The van der Waals surface area contributed by atoms with Gasteiger partial charge in [-0.2, -0.15) is 0 Å². The highest BCUT2D eigenvalue weighted by molar-refractivity contribution is 9.10. The molecular weight excluding hydrogens is 334 g/mol. The molecule has 0 aliphatic rings. The Morgan fingerprint density at radius 2 is 2.00 bits per heavy atom. The van der Waals surface area contributed by atoms with E-state index < -0.39 is 0 Å². The summed E-state index contributed by atoms with van der Waals surface area (Å²) in [6.45, 7) is 8.13. The van der Waals surface area contributed by atoms with Crippen LogP contribution in [0.15, 0.2) is 37.9 Å². The summed E-state index contributed by atoms with van der Waals surface area (Å²) in [4.78, 5) is 13.8. The molecule has 0 atom stereocenters. The van der Waals surface area contributed by atoms with Crippen LogP contribution in [0.2, 0.25) is 0 Å². The molecule has 0 amide bonds. The van der Waals surface area contributed by atoms with E-state index in [9.17, 15) is 4.79 Å². The van der Waals surface area contributed by atoms with E-state index in [2.05, 4.69) is 34.7 Å². The van der Waals surface area contributed by atoms with Crippen molar-refractivity contribution in [2.24, 2.45) is 0 Å². The van der Waals surface area contributed by atoms with Crippen LogP contribution in [-0.2, 0) is 0 Å². The van der Waals surface area contributed by atoms with Crippen molar-refractivity contribution in [2.45, 2.75) is 20.3 Å². The van der Waals surface area contributed by atoms with Crippen molar-refractivity contribution < 1.29 is 9.15 Å². The number of hydrogen-bond acceptors (Lipinski definition) is 4. The largest absolute Gasteiger partial charge is 0.493 e. The van der Waals surface area contributed by atoms with Gasteiger partial charge in [0.25, 0.3) is 0 Å². The van der Waals surface area contributed by atoms with Crippen molar-refractivity contribution in [3.8, 4) is 5.75 Å². The number of halogens is 1. The van der Waals surface area contributed by atoms with E-state index in [1.807, 2.05) is 12.1 Å². The molecule has 1 heterocycles. The number of hydrogen-bond donors (Lipinski definition) is 0. The topological polar surface area (TPSA) is 42.7 Å². The second kappa shape index (κ2) is 7.61. The lowest BCUT2D eigenvalue weighted by Crippen LogP contribution is -2.25. The minimum Gasteiger partial charge on any atom is -0.493 e. The minimum absolute atomic E-state index is 0.374. The molecular formula is C16H20BrNO3. The molecule has 0 aliphatic heterocycles. The summed E-state index contributed by atoms with van der Waals surface area (Å²) in [5.41, 5.74) is 0.172. The summed E-state index contributed by atoms with van der Waals surface area (Å²) in [6.07, 6.45) is 0.976. The number of rotatable bonds is 7. The van der Waals surface area contributed by atoms with Crippen LogP contribution < -0.4 is 10.4 Å². The van der Waals surface area contributed by atoms with E-state index in [1.54, 1.807) is 12.1 Å². The molecule has 114 valence electrons. The maximum atomic E-state index is 11.5. The fourth-order valence-corrected chi connectivity index (χ4v) is 2.50. The van der Waals surface area contributed by atoms with E-state index in [0.717, 1.165) is 37.2 Å². The third-order valence-electron chi connectivity index (χ3n) is 3.45. The molecule has 0 aliphatic carbocycles. The third kappa shape index (κ3) is 4.32. The average molecular weight is 354 g/mol. The number of benzene rings is 1. The number of ether oxygens (including phenoxy) is 1. The highest BCUT2D eigenvalue weighted by Gasteiger charge is 2.04. The molecule has 0 saturated carbocycles. The first-order valence-electron chi connectivity index (χ1n) is 7.22. The molecule has 4 nitrogen and oxygen atoms in total. The zero-order chi connectivity index (χ0) is 15.2. The zero-order valence-corrected chi connectivity index (χ0v) is 14.0. The van der Waals surface area contributed by atoms with Gasteiger partial charge in [0.05, 0.1) is 6.61 Å². The molecule has 1 aromatic heterocycles. The van der Waals surface area contributed by atoms with E-state index in [4.69, 9.17) is 9.15 Å². The Morgan fingerprint density at radius 1 is 1.24 bits per heavy atom. The van der Waals surface area contributed by atoms with Crippen molar-refractivity contribution in [3.05, 3.63) is 39.2 Å². The second-order valence-electron chi connectivity index (χ2n) is 4.81. The van der Waals surface area contributed by atoms with Crippen LogP contribution in [0.1, 0.15) is 20.3 Å². The van der Waals surface area contributed by atoms with Crippen molar-refractivity contribution in [1.82, 2.24) is 4.90 Å². The Morgan fingerprint density at radius 3 is 2.71 bits per heavy atom. The van der Waals surface area contributed by atoms with Crippen LogP contribution >= 0.6 is 15.9 Å². The Bertz CT molecular complexity index is 650. The van der Waals surface area contributed by atoms with Gasteiger partial charge in [-0.3, -0.25) is 0 Å². The SMILES string of the molecule is CCN(CC)CCCOc1ccc2cc(Br)c(=O)oc2c1. The van der Waals surface area contributed by atoms with Gasteiger partial charge in [0, 0.05) is 18.0 Å². The summed E-state index contributed by atoms with van der Waals surface area (Å²) in [6, 6.07) is 7.31. The molecule has 0 bridgehead atoms. The van der Waals surface area contributed by atoms with E-state index in [-0.39, 0.29) is 5.63 Å². The lowest BCUT2D eigenvalue weighted by atomic mass is 10.2. The predicted molar refractivity (Wildman–Crippen MR) is 88.1 cm³/mol. The molecule has 21 heavy (non-hydrogen) atoms. The van der Waals surface area contributed by atoms with Gasteiger partial charge >= 0.3 is 5.63 Å². The fourth-order valence-electron chi connectivity index (χ4n) is 2.17. The summed E-state index contributed by atoms with van der Waals surface area (Å²) in [7, 11) is 0. The molecule has 0 radical (unpaired) electrons. The molecule has 0 saturated heterocycles. The van der Waals surface area contributed by atoms with Crippen LogP contribution in [0.25, 0.3) is 11.0 Å². The van der Waals surface area contributed by atoms with Gasteiger partial charge in [-0.15, -0.1) is 0 Å². The van der Waals surface area contributed by atoms with Gasteiger partial charge < -0.3 is 14.1 Å². The molecule has 0 unspecified atom stereocenters. The zero-order valence-electron chi connectivity index (χ0n) is 12.4. The quantitative estimate of drug-likeness (QED) is 0.562. The normalized spacial score (nSPS) is 11.2.